The van der Waals surface area contributed by atoms with E-state index >= 15 is 0 Å². The first-order chi connectivity index (χ1) is 5.91. The lowest BCUT2D eigenvalue weighted by Crippen LogP contribution is -2.26. The largest absolute Gasteiger partial charge is 0.229 e. The maximum absolute atomic E-state index is 11.6. The quantitative estimate of drug-likeness (QED) is 0.549. The summed E-state index contributed by atoms with van der Waals surface area (Å²) in [5.74, 6) is 0.548. The van der Waals surface area contributed by atoms with Crippen molar-refractivity contribution in [2.75, 3.05) is 11.1 Å². The number of sulfone groups is 1. The molecule has 0 aliphatic rings. The van der Waals surface area contributed by atoms with Gasteiger partial charge < -0.3 is 0 Å². The molecule has 0 aliphatic carbocycles. The van der Waals surface area contributed by atoms with Crippen molar-refractivity contribution < 1.29 is 8.42 Å². The Hall–Kier alpha value is 0.430. The molecule has 0 aliphatic heterocycles. The molecule has 1 atom stereocenters. The minimum atomic E-state index is -2.85. The van der Waals surface area contributed by atoms with Gasteiger partial charge in [0.1, 0.15) is 0 Å². The van der Waals surface area contributed by atoms with Crippen molar-refractivity contribution in [2.45, 2.75) is 38.9 Å². The van der Waals surface area contributed by atoms with Gasteiger partial charge in [0.25, 0.3) is 0 Å². The van der Waals surface area contributed by atoms with Crippen molar-refractivity contribution >= 4 is 25.8 Å². The fraction of sp³-hybridized carbons (Fsp3) is 1.00. The van der Waals surface area contributed by atoms with Gasteiger partial charge in [-0.2, -0.15) is 0 Å². The Labute approximate surface area is 90.2 Å². The second-order valence-corrected chi connectivity index (χ2v) is 6.98. The Bertz CT molecular complexity index is 222. The summed E-state index contributed by atoms with van der Waals surface area (Å²) in [6.45, 7) is 5.70. The maximum Gasteiger partial charge on any atom is 0.153 e. The van der Waals surface area contributed by atoms with E-state index in [1.165, 1.54) is 0 Å². The van der Waals surface area contributed by atoms with Gasteiger partial charge in [-0.15, -0.1) is 0 Å². The minimum absolute atomic E-state index is 0.206. The molecule has 0 heterocycles. The molecule has 0 aromatic rings. The third-order valence-corrected chi connectivity index (χ3v) is 5.41. The molecule has 0 fully saturated rings. The molecule has 0 radical (unpaired) electrons. The lowest BCUT2D eigenvalue weighted by molar-refractivity contribution is 0.543. The van der Waals surface area contributed by atoms with E-state index in [9.17, 15) is 8.42 Å². The molecule has 0 aromatic carbocycles. The first kappa shape index (κ1) is 13.4. The highest BCUT2D eigenvalue weighted by Gasteiger charge is 2.22. The highest BCUT2D eigenvalue weighted by atomic mass is 79.9. The summed E-state index contributed by atoms with van der Waals surface area (Å²) in [6, 6.07) is 0. The van der Waals surface area contributed by atoms with Gasteiger partial charge in [0.05, 0.1) is 11.0 Å². The van der Waals surface area contributed by atoms with E-state index < -0.39 is 9.84 Å². The third-order valence-electron chi connectivity index (χ3n) is 2.32. The number of halogens is 1. The van der Waals surface area contributed by atoms with Gasteiger partial charge in [-0.25, -0.2) is 8.42 Å². The van der Waals surface area contributed by atoms with Gasteiger partial charge in [0.2, 0.25) is 0 Å². The van der Waals surface area contributed by atoms with Gasteiger partial charge >= 0.3 is 0 Å². The smallest absolute Gasteiger partial charge is 0.153 e. The zero-order chi connectivity index (χ0) is 10.5. The lowest BCUT2D eigenvalue weighted by Gasteiger charge is -2.15. The fourth-order valence-electron chi connectivity index (χ4n) is 0.998. The van der Waals surface area contributed by atoms with E-state index in [2.05, 4.69) is 15.9 Å². The van der Waals surface area contributed by atoms with Crippen LogP contribution < -0.4 is 0 Å². The minimum Gasteiger partial charge on any atom is -0.229 e. The Kier molecular flexibility index (Phi) is 6.21. The van der Waals surface area contributed by atoms with Crippen LogP contribution in [0.1, 0.15) is 33.6 Å². The highest BCUT2D eigenvalue weighted by molar-refractivity contribution is 9.09. The highest BCUT2D eigenvalue weighted by Crippen LogP contribution is 2.14. The van der Waals surface area contributed by atoms with Crippen molar-refractivity contribution in [3.05, 3.63) is 0 Å². The van der Waals surface area contributed by atoms with Crippen molar-refractivity contribution in [1.82, 2.24) is 0 Å². The monoisotopic (exact) mass is 270 g/mol. The summed E-state index contributed by atoms with van der Waals surface area (Å²) >= 11 is 3.29. The summed E-state index contributed by atoms with van der Waals surface area (Å²) in [5, 5.41) is 0.682. The Morgan fingerprint density at radius 2 is 1.69 bits per heavy atom. The second-order valence-electron chi connectivity index (χ2n) is 3.71. The molecule has 0 N–H and O–H groups in total. The second kappa shape index (κ2) is 6.02. The Morgan fingerprint density at radius 3 is 2.08 bits per heavy atom. The van der Waals surface area contributed by atoms with Crippen LogP contribution >= 0.6 is 15.9 Å². The van der Waals surface area contributed by atoms with E-state index in [0.29, 0.717) is 5.75 Å². The predicted molar refractivity (Wildman–Crippen MR) is 61.1 cm³/mol. The van der Waals surface area contributed by atoms with E-state index in [-0.39, 0.29) is 11.2 Å². The van der Waals surface area contributed by atoms with Crippen LogP contribution in [0, 0.1) is 5.92 Å². The molecule has 0 amide bonds. The molecule has 4 heteroatoms. The average molecular weight is 271 g/mol. The zero-order valence-corrected chi connectivity index (χ0v) is 11.0. The van der Waals surface area contributed by atoms with Crippen molar-refractivity contribution in [1.29, 1.82) is 0 Å². The van der Waals surface area contributed by atoms with Crippen LogP contribution in [-0.2, 0) is 9.84 Å². The fourth-order valence-corrected chi connectivity index (χ4v) is 3.20. The normalized spacial score (nSPS) is 14.8. The number of alkyl halides is 1. The molecule has 0 saturated carbocycles. The number of hydrogen-bond donors (Lipinski definition) is 0. The predicted octanol–water partition coefficient (Wildman–Crippen LogP) is 2.62. The molecule has 0 aromatic heterocycles. The van der Waals surface area contributed by atoms with Crippen LogP contribution in [0.4, 0.5) is 0 Å². The molecule has 1 unspecified atom stereocenters. The van der Waals surface area contributed by atoms with Crippen LogP contribution in [0.15, 0.2) is 0 Å². The summed E-state index contributed by atoms with van der Waals surface area (Å²) in [4.78, 5) is 0. The van der Waals surface area contributed by atoms with Crippen molar-refractivity contribution in [3.63, 3.8) is 0 Å². The molecular formula is C9H19BrO2S. The molecule has 0 rings (SSSR count). The van der Waals surface area contributed by atoms with E-state index in [1.54, 1.807) is 6.92 Å². The molecule has 0 saturated heterocycles. The summed E-state index contributed by atoms with van der Waals surface area (Å²) in [6.07, 6.45) is 1.70. The standard InChI is InChI=1S/C9H19BrO2S/c1-8(2)9(3)13(11,12)7-5-4-6-10/h8-9H,4-7H2,1-3H3. The molecular weight excluding hydrogens is 252 g/mol. The Morgan fingerprint density at radius 1 is 1.15 bits per heavy atom. The topological polar surface area (TPSA) is 34.1 Å². The van der Waals surface area contributed by atoms with Crippen molar-refractivity contribution in [3.8, 4) is 0 Å². The molecule has 0 spiro atoms. The number of hydrogen-bond acceptors (Lipinski definition) is 2. The van der Waals surface area contributed by atoms with Crippen LogP contribution in [0.25, 0.3) is 0 Å². The number of rotatable bonds is 6. The van der Waals surface area contributed by atoms with E-state index in [1.807, 2.05) is 13.8 Å². The SMILES string of the molecule is CC(C)C(C)S(=O)(=O)CCCCBr. The number of unbranched alkanes of at least 4 members (excludes halogenated alkanes) is 1. The van der Waals surface area contributed by atoms with Crippen LogP contribution in [0.5, 0.6) is 0 Å². The first-order valence-electron chi connectivity index (χ1n) is 4.69. The zero-order valence-electron chi connectivity index (χ0n) is 8.59. The van der Waals surface area contributed by atoms with Crippen LogP contribution in [0.2, 0.25) is 0 Å². The van der Waals surface area contributed by atoms with Gasteiger partial charge in [-0.1, -0.05) is 29.8 Å². The molecule has 80 valence electrons. The first-order valence-corrected chi connectivity index (χ1v) is 7.53. The maximum atomic E-state index is 11.6. The van der Waals surface area contributed by atoms with Gasteiger partial charge in [0.15, 0.2) is 9.84 Å². The Balaban J connectivity index is 4.08. The molecule has 0 bridgehead atoms. The average Bonchev–Trinajstić information content (AvgIpc) is 2.03. The van der Waals surface area contributed by atoms with Crippen LogP contribution in [0.3, 0.4) is 0 Å². The van der Waals surface area contributed by atoms with Gasteiger partial charge in [-0.05, 0) is 25.7 Å². The van der Waals surface area contributed by atoms with Crippen LogP contribution in [-0.4, -0.2) is 24.8 Å². The van der Waals surface area contributed by atoms with E-state index in [0.717, 1.165) is 18.2 Å². The summed E-state index contributed by atoms with van der Waals surface area (Å²) in [7, 11) is -2.85. The summed E-state index contributed by atoms with van der Waals surface area (Å²) in [5.41, 5.74) is 0. The van der Waals surface area contributed by atoms with Gasteiger partial charge in [-0.3, -0.25) is 0 Å². The van der Waals surface area contributed by atoms with E-state index in [4.69, 9.17) is 0 Å². The third kappa shape index (κ3) is 5.01. The summed E-state index contributed by atoms with van der Waals surface area (Å²) < 4.78 is 23.3. The molecule has 2 nitrogen and oxygen atoms in total. The van der Waals surface area contributed by atoms with Crippen molar-refractivity contribution in [2.24, 2.45) is 5.92 Å². The molecule has 13 heavy (non-hydrogen) atoms. The lowest BCUT2D eigenvalue weighted by atomic mass is 10.2. The van der Waals surface area contributed by atoms with Gasteiger partial charge in [0, 0.05) is 5.33 Å².